The summed E-state index contributed by atoms with van der Waals surface area (Å²) in [7, 11) is -3.71. The van der Waals surface area contributed by atoms with E-state index in [4.69, 9.17) is 10.5 Å². The first-order valence-electron chi connectivity index (χ1n) is 9.21. The molecule has 0 aliphatic rings. The van der Waals surface area contributed by atoms with E-state index in [0.717, 1.165) is 12.1 Å². The minimum absolute atomic E-state index is 0.00960. The number of sulfonamides is 1. The SMILES string of the molecule is CCN(CC)S(=O)(=O)c1cccc(NC(=O)COC(=O)c2cc([N+](=O)[O-])ccc2N)c1. The molecule has 0 unspecified atom stereocenters. The molecule has 31 heavy (non-hydrogen) atoms. The lowest BCUT2D eigenvalue weighted by atomic mass is 10.1. The number of nitrogens with one attached hydrogen (secondary N) is 1. The zero-order chi connectivity index (χ0) is 23.2. The Balaban J connectivity index is 2.07. The van der Waals surface area contributed by atoms with Crippen LogP contribution in [-0.4, -0.2) is 49.2 Å². The van der Waals surface area contributed by atoms with Crippen LogP contribution < -0.4 is 11.1 Å². The number of rotatable bonds is 9. The third kappa shape index (κ3) is 5.77. The molecule has 0 fully saturated rings. The second-order valence-corrected chi connectivity index (χ2v) is 8.21. The standard InChI is InChI=1S/C19H22N4O7S/c1-3-22(4-2)31(28,29)15-7-5-6-13(10-15)21-18(24)12-30-19(25)16-11-14(23(26)27)8-9-17(16)20/h5-11H,3-4,12,20H2,1-2H3,(H,21,24). The van der Waals surface area contributed by atoms with E-state index in [1.54, 1.807) is 13.8 Å². The highest BCUT2D eigenvalue weighted by molar-refractivity contribution is 7.89. The van der Waals surface area contributed by atoms with Gasteiger partial charge in [-0.2, -0.15) is 4.31 Å². The van der Waals surface area contributed by atoms with Crippen LogP contribution in [0.4, 0.5) is 17.1 Å². The highest BCUT2D eigenvalue weighted by atomic mass is 32.2. The van der Waals surface area contributed by atoms with Crippen LogP contribution in [0.15, 0.2) is 47.4 Å². The fraction of sp³-hybridized carbons (Fsp3) is 0.263. The Kier molecular flexibility index (Phi) is 7.67. The molecule has 2 rings (SSSR count). The van der Waals surface area contributed by atoms with Gasteiger partial charge in [0.25, 0.3) is 11.6 Å². The van der Waals surface area contributed by atoms with Gasteiger partial charge in [0, 0.05) is 36.6 Å². The number of nitrogens with two attached hydrogens (primary N) is 1. The van der Waals surface area contributed by atoms with E-state index in [9.17, 15) is 28.1 Å². The number of amides is 1. The van der Waals surface area contributed by atoms with Crippen molar-refractivity contribution in [3.63, 3.8) is 0 Å². The molecular formula is C19H22N4O7S. The van der Waals surface area contributed by atoms with E-state index in [1.807, 2.05) is 0 Å². The number of benzene rings is 2. The lowest BCUT2D eigenvalue weighted by Gasteiger charge is -2.18. The summed E-state index contributed by atoms with van der Waals surface area (Å²) in [5.41, 5.74) is 5.21. The van der Waals surface area contributed by atoms with E-state index in [0.29, 0.717) is 13.1 Å². The second-order valence-electron chi connectivity index (χ2n) is 6.27. The van der Waals surface area contributed by atoms with E-state index in [-0.39, 0.29) is 27.5 Å². The highest BCUT2D eigenvalue weighted by Crippen LogP contribution is 2.21. The number of esters is 1. The molecule has 0 aliphatic carbocycles. The monoisotopic (exact) mass is 450 g/mol. The fourth-order valence-electron chi connectivity index (χ4n) is 2.69. The van der Waals surface area contributed by atoms with Crippen molar-refractivity contribution >= 4 is 39.0 Å². The van der Waals surface area contributed by atoms with Gasteiger partial charge in [0.15, 0.2) is 6.61 Å². The minimum atomic E-state index is -3.71. The average molecular weight is 450 g/mol. The van der Waals surface area contributed by atoms with Gasteiger partial charge in [-0.1, -0.05) is 19.9 Å². The number of carbonyl (C=O) groups is 2. The molecule has 0 saturated heterocycles. The Morgan fingerprint density at radius 2 is 1.84 bits per heavy atom. The number of nitro groups is 1. The van der Waals surface area contributed by atoms with Gasteiger partial charge in [-0.15, -0.1) is 0 Å². The molecule has 1 amide bonds. The molecule has 0 bridgehead atoms. The largest absolute Gasteiger partial charge is 0.452 e. The number of ether oxygens (including phenoxy) is 1. The van der Waals surface area contributed by atoms with Crippen LogP contribution in [0.5, 0.6) is 0 Å². The van der Waals surface area contributed by atoms with Crippen molar-refractivity contribution in [1.82, 2.24) is 4.31 Å². The molecular weight excluding hydrogens is 428 g/mol. The van der Waals surface area contributed by atoms with Gasteiger partial charge in [-0.25, -0.2) is 13.2 Å². The quantitative estimate of drug-likeness (QED) is 0.254. The number of carbonyl (C=O) groups excluding carboxylic acids is 2. The van der Waals surface area contributed by atoms with E-state index >= 15 is 0 Å². The van der Waals surface area contributed by atoms with Crippen LogP contribution in [0.2, 0.25) is 0 Å². The maximum atomic E-state index is 12.6. The Bertz CT molecular complexity index is 1100. The van der Waals surface area contributed by atoms with Crippen LogP contribution >= 0.6 is 0 Å². The Morgan fingerprint density at radius 1 is 1.16 bits per heavy atom. The topological polar surface area (TPSA) is 162 Å². The summed E-state index contributed by atoms with van der Waals surface area (Å²) in [6.45, 7) is 3.33. The highest BCUT2D eigenvalue weighted by Gasteiger charge is 2.22. The zero-order valence-electron chi connectivity index (χ0n) is 16.9. The molecule has 0 saturated carbocycles. The summed E-state index contributed by atoms with van der Waals surface area (Å²) in [5.74, 6) is -1.73. The Labute approximate surface area is 179 Å². The molecule has 3 N–H and O–H groups in total. The number of nitrogens with zero attached hydrogens (tertiary/aromatic N) is 2. The van der Waals surface area contributed by atoms with Crippen molar-refractivity contribution in [2.45, 2.75) is 18.7 Å². The van der Waals surface area contributed by atoms with Gasteiger partial charge in [0.05, 0.1) is 15.4 Å². The minimum Gasteiger partial charge on any atom is -0.452 e. The average Bonchev–Trinajstić information content (AvgIpc) is 2.73. The van der Waals surface area contributed by atoms with Gasteiger partial charge < -0.3 is 15.8 Å². The lowest BCUT2D eigenvalue weighted by Crippen LogP contribution is -2.30. The number of nitro benzene ring substituents is 1. The van der Waals surface area contributed by atoms with Crippen molar-refractivity contribution in [1.29, 1.82) is 0 Å². The first-order valence-corrected chi connectivity index (χ1v) is 10.6. The predicted molar refractivity (Wildman–Crippen MR) is 113 cm³/mol. The molecule has 0 spiro atoms. The molecule has 166 valence electrons. The molecule has 0 aliphatic heterocycles. The predicted octanol–water partition coefficient (Wildman–Crippen LogP) is 2.00. The van der Waals surface area contributed by atoms with E-state index in [2.05, 4.69) is 5.32 Å². The van der Waals surface area contributed by atoms with Crippen LogP contribution in [-0.2, 0) is 19.6 Å². The van der Waals surface area contributed by atoms with Crippen molar-refractivity contribution in [3.05, 3.63) is 58.1 Å². The molecule has 11 nitrogen and oxygen atoms in total. The third-order valence-corrected chi connectivity index (χ3v) is 6.31. The second kappa shape index (κ2) is 10.00. The maximum Gasteiger partial charge on any atom is 0.341 e. The van der Waals surface area contributed by atoms with Crippen molar-refractivity contribution in [2.24, 2.45) is 0 Å². The zero-order valence-corrected chi connectivity index (χ0v) is 17.7. The van der Waals surface area contributed by atoms with Crippen molar-refractivity contribution in [3.8, 4) is 0 Å². The smallest absolute Gasteiger partial charge is 0.341 e. The molecule has 2 aromatic rings. The van der Waals surface area contributed by atoms with E-state index in [1.165, 1.54) is 34.6 Å². The normalized spacial score (nSPS) is 11.2. The van der Waals surface area contributed by atoms with Gasteiger partial charge in [-0.3, -0.25) is 14.9 Å². The summed E-state index contributed by atoms with van der Waals surface area (Å²) in [6.07, 6.45) is 0. The molecule has 0 heterocycles. The summed E-state index contributed by atoms with van der Waals surface area (Å²) in [6, 6.07) is 8.95. The summed E-state index contributed by atoms with van der Waals surface area (Å²) < 4.78 is 31.3. The molecule has 0 atom stereocenters. The Hall–Kier alpha value is -3.51. The van der Waals surface area contributed by atoms with Crippen molar-refractivity contribution in [2.75, 3.05) is 30.7 Å². The molecule has 2 aromatic carbocycles. The van der Waals surface area contributed by atoms with Crippen LogP contribution in [0.25, 0.3) is 0 Å². The third-order valence-electron chi connectivity index (χ3n) is 4.26. The lowest BCUT2D eigenvalue weighted by molar-refractivity contribution is -0.384. The number of nitrogen functional groups attached to an aromatic ring is 1. The number of hydrogen-bond donors (Lipinski definition) is 2. The maximum absolute atomic E-state index is 12.6. The van der Waals surface area contributed by atoms with E-state index < -0.39 is 33.4 Å². The number of non-ortho nitro benzene ring substituents is 1. The van der Waals surface area contributed by atoms with Crippen LogP contribution in [0.1, 0.15) is 24.2 Å². The molecule has 0 radical (unpaired) electrons. The number of hydrogen-bond acceptors (Lipinski definition) is 8. The van der Waals surface area contributed by atoms with Gasteiger partial charge in [-0.05, 0) is 24.3 Å². The summed E-state index contributed by atoms with van der Waals surface area (Å²) >= 11 is 0. The van der Waals surface area contributed by atoms with Gasteiger partial charge >= 0.3 is 5.97 Å². The first-order chi connectivity index (χ1) is 14.6. The van der Waals surface area contributed by atoms with Crippen LogP contribution in [0, 0.1) is 10.1 Å². The van der Waals surface area contributed by atoms with Gasteiger partial charge in [0.2, 0.25) is 10.0 Å². The molecule has 12 heteroatoms. The number of anilines is 2. The van der Waals surface area contributed by atoms with Gasteiger partial charge in [0.1, 0.15) is 0 Å². The fourth-order valence-corrected chi connectivity index (χ4v) is 4.19. The Morgan fingerprint density at radius 3 is 2.45 bits per heavy atom. The molecule has 0 aromatic heterocycles. The van der Waals surface area contributed by atoms with Crippen molar-refractivity contribution < 1.29 is 27.7 Å². The first kappa shape index (κ1) is 23.8. The van der Waals surface area contributed by atoms with Crippen LogP contribution in [0.3, 0.4) is 0 Å². The summed E-state index contributed by atoms with van der Waals surface area (Å²) in [4.78, 5) is 34.4. The summed E-state index contributed by atoms with van der Waals surface area (Å²) in [5, 5.41) is 13.3.